The highest BCUT2D eigenvalue weighted by molar-refractivity contribution is 6.80. The van der Waals surface area contributed by atoms with E-state index in [4.69, 9.17) is 104 Å². The molecule has 0 amide bonds. The average Bonchev–Trinajstić information content (AvgIpc) is 2.44. The maximum Gasteiger partial charge on any atom is 0.226 e. The summed E-state index contributed by atoms with van der Waals surface area (Å²) in [4.78, 5) is 0. The topological polar surface area (TPSA) is 20.2 Å². The number of benzene rings is 1. The SMILES string of the molecule is CCC(O)c1ccc(C(Cl)(Cl)C(Cl)(Cl)C(Cl)(Cl)C(Cl)(Cl)Cl)cc1. The second kappa shape index (κ2) is 7.80. The van der Waals surface area contributed by atoms with E-state index in [0.29, 0.717) is 12.0 Å². The Morgan fingerprint density at radius 3 is 1.61 bits per heavy atom. The molecule has 0 bridgehead atoms. The molecule has 0 aliphatic rings. The lowest BCUT2D eigenvalue weighted by atomic mass is 10.0. The smallest absolute Gasteiger partial charge is 0.226 e. The van der Waals surface area contributed by atoms with Crippen LogP contribution in [0.25, 0.3) is 0 Å². The first-order valence-corrected chi connectivity index (χ1v) is 9.59. The van der Waals surface area contributed by atoms with Gasteiger partial charge in [-0.15, -0.1) is 0 Å². The van der Waals surface area contributed by atoms with Crippen molar-refractivity contribution in [3.63, 3.8) is 0 Å². The molecule has 132 valence electrons. The molecule has 10 heteroatoms. The second-order valence-corrected chi connectivity index (χ2v) is 11.0. The third kappa shape index (κ3) is 4.38. The van der Waals surface area contributed by atoms with Crippen LogP contribution in [-0.4, -0.2) is 17.6 Å². The highest BCUT2D eigenvalue weighted by Gasteiger charge is 2.68. The van der Waals surface area contributed by atoms with Crippen molar-refractivity contribution >= 4 is 104 Å². The molecule has 23 heavy (non-hydrogen) atoms. The minimum absolute atomic E-state index is 0.262. The van der Waals surface area contributed by atoms with E-state index < -0.39 is 22.9 Å². The molecule has 1 aromatic carbocycles. The first-order chi connectivity index (χ1) is 10.2. The zero-order valence-corrected chi connectivity index (χ0v) is 18.2. The fourth-order valence-corrected chi connectivity index (χ4v) is 3.94. The van der Waals surface area contributed by atoms with E-state index in [1.807, 2.05) is 6.92 Å². The van der Waals surface area contributed by atoms with Crippen molar-refractivity contribution in [2.75, 3.05) is 0 Å². The first kappa shape index (κ1) is 22.8. The number of rotatable bonds is 5. The van der Waals surface area contributed by atoms with Crippen molar-refractivity contribution in [2.45, 2.75) is 36.2 Å². The van der Waals surface area contributed by atoms with Crippen LogP contribution >= 0.6 is 104 Å². The summed E-state index contributed by atoms with van der Waals surface area (Å²) in [6, 6.07) is 6.28. The highest BCUT2D eigenvalue weighted by Crippen LogP contribution is 2.65. The van der Waals surface area contributed by atoms with Gasteiger partial charge in [-0.2, -0.15) is 0 Å². The van der Waals surface area contributed by atoms with Gasteiger partial charge in [-0.3, -0.25) is 0 Å². The van der Waals surface area contributed by atoms with E-state index in [-0.39, 0.29) is 5.56 Å². The van der Waals surface area contributed by atoms with Crippen LogP contribution in [0.5, 0.6) is 0 Å². The van der Waals surface area contributed by atoms with E-state index >= 15 is 0 Å². The summed E-state index contributed by atoms with van der Waals surface area (Å²) in [6.45, 7) is 1.84. The van der Waals surface area contributed by atoms with E-state index in [1.54, 1.807) is 12.1 Å². The Morgan fingerprint density at radius 2 is 1.26 bits per heavy atom. The monoisotopic (exact) mass is 498 g/mol. The van der Waals surface area contributed by atoms with Crippen molar-refractivity contribution in [1.29, 1.82) is 0 Å². The Hall–Kier alpha value is 1.79. The minimum atomic E-state index is -2.33. The van der Waals surface area contributed by atoms with Crippen molar-refractivity contribution < 1.29 is 5.11 Å². The first-order valence-electron chi connectivity index (χ1n) is 6.18. The molecular formula is C13H11Cl9O. The quantitative estimate of drug-likeness (QED) is 0.414. The summed E-state index contributed by atoms with van der Waals surface area (Å²) in [5, 5.41) is 9.81. The summed E-state index contributed by atoms with van der Waals surface area (Å²) in [5.74, 6) is 0. The Labute approximate surface area is 180 Å². The molecule has 1 nitrogen and oxygen atoms in total. The largest absolute Gasteiger partial charge is 0.388 e. The molecule has 1 unspecified atom stereocenters. The molecule has 0 fully saturated rings. The number of alkyl halides is 9. The predicted molar refractivity (Wildman–Crippen MR) is 104 cm³/mol. The van der Waals surface area contributed by atoms with Gasteiger partial charge in [0.25, 0.3) is 0 Å². The molecule has 0 radical (unpaired) electrons. The molecule has 0 saturated heterocycles. The molecule has 0 saturated carbocycles. The Balaban J connectivity index is 3.29. The molecule has 1 atom stereocenters. The van der Waals surface area contributed by atoms with Gasteiger partial charge in [0.15, 0.2) is 8.67 Å². The number of aliphatic hydroxyl groups is 1. The number of hydrogen-bond acceptors (Lipinski definition) is 1. The van der Waals surface area contributed by atoms with Crippen LogP contribution in [-0.2, 0) is 4.33 Å². The lowest BCUT2D eigenvalue weighted by molar-refractivity contribution is 0.173. The van der Waals surface area contributed by atoms with E-state index in [2.05, 4.69) is 0 Å². The molecule has 1 N–H and O–H groups in total. The molecule has 1 aromatic rings. The fraction of sp³-hybridized carbons (Fsp3) is 0.538. The summed E-state index contributed by atoms with van der Waals surface area (Å²) in [7, 11) is 0. The van der Waals surface area contributed by atoms with Crippen LogP contribution in [0.2, 0.25) is 0 Å². The summed E-state index contributed by atoms with van der Waals surface area (Å²) in [6.07, 6.45) is -0.0804. The van der Waals surface area contributed by atoms with Crippen LogP contribution in [0.1, 0.15) is 30.6 Å². The van der Waals surface area contributed by atoms with Crippen LogP contribution in [0, 0.1) is 0 Å². The number of aliphatic hydroxyl groups excluding tert-OH is 1. The third-order valence-corrected chi connectivity index (χ3v) is 8.67. The van der Waals surface area contributed by atoms with Gasteiger partial charge in [-0.1, -0.05) is 136 Å². The lowest BCUT2D eigenvalue weighted by Crippen LogP contribution is -2.54. The van der Waals surface area contributed by atoms with E-state index in [0.717, 1.165) is 0 Å². The molecule has 0 aliphatic heterocycles. The van der Waals surface area contributed by atoms with Gasteiger partial charge in [0, 0.05) is 0 Å². The van der Waals surface area contributed by atoms with E-state index in [9.17, 15) is 5.11 Å². The van der Waals surface area contributed by atoms with Crippen molar-refractivity contribution in [3.8, 4) is 0 Å². The normalized spacial score (nSPS) is 15.6. The average molecular weight is 502 g/mol. The zero-order valence-electron chi connectivity index (χ0n) is 11.4. The third-order valence-electron chi connectivity index (χ3n) is 3.19. The Morgan fingerprint density at radius 1 is 0.826 bits per heavy atom. The van der Waals surface area contributed by atoms with Crippen LogP contribution < -0.4 is 0 Å². The number of halogens is 9. The zero-order chi connectivity index (χ0) is 18.3. The molecule has 0 heterocycles. The standard InChI is InChI=1S/C13H11Cl9O/c1-2-9(23)7-3-5-8(6-4-7)10(14,15)11(16,17)12(18,19)13(20,21)22/h3-6,9,23H,2H2,1H3. The van der Waals surface area contributed by atoms with Gasteiger partial charge in [0.05, 0.1) is 6.10 Å². The van der Waals surface area contributed by atoms with Gasteiger partial charge in [0.2, 0.25) is 8.13 Å². The summed E-state index contributed by atoms with van der Waals surface area (Å²) >= 11 is 54.3. The molecule has 0 aromatic heterocycles. The van der Waals surface area contributed by atoms with E-state index in [1.165, 1.54) is 12.1 Å². The summed E-state index contributed by atoms with van der Waals surface area (Å²) in [5.41, 5.74) is 0.928. The Bertz CT molecular complexity index is 533. The van der Waals surface area contributed by atoms with Gasteiger partial charge in [0.1, 0.15) is 0 Å². The highest BCUT2D eigenvalue weighted by atomic mass is 35.6. The Kier molecular flexibility index (Phi) is 7.75. The van der Waals surface area contributed by atoms with Crippen LogP contribution in [0.4, 0.5) is 0 Å². The molecular weight excluding hydrogens is 491 g/mol. The summed E-state index contributed by atoms with van der Waals surface area (Å²) < 4.78 is -8.91. The number of hydrogen-bond donors (Lipinski definition) is 1. The van der Waals surface area contributed by atoms with Crippen LogP contribution in [0.15, 0.2) is 24.3 Å². The molecule has 1 rings (SSSR count). The maximum atomic E-state index is 9.81. The van der Waals surface area contributed by atoms with Crippen LogP contribution in [0.3, 0.4) is 0 Å². The fourth-order valence-electron chi connectivity index (χ4n) is 1.71. The van der Waals surface area contributed by atoms with Gasteiger partial charge in [-0.25, -0.2) is 0 Å². The molecule has 0 aliphatic carbocycles. The van der Waals surface area contributed by atoms with Crippen molar-refractivity contribution in [2.24, 2.45) is 0 Å². The molecule has 0 spiro atoms. The van der Waals surface area contributed by atoms with Crippen molar-refractivity contribution in [3.05, 3.63) is 35.4 Å². The lowest BCUT2D eigenvalue weighted by Gasteiger charge is -2.44. The predicted octanol–water partition coefficient (Wildman–Crippen LogP) is 7.48. The maximum absolute atomic E-state index is 9.81. The van der Waals surface area contributed by atoms with Gasteiger partial charge >= 0.3 is 0 Å². The van der Waals surface area contributed by atoms with Crippen molar-refractivity contribution in [1.82, 2.24) is 0 Å². The van der Waals surface area contributed by atoms with Gasteiger partial charge < -0.3 is 5.11 Å². The second-order valence-electron chi connectivity index (χ2n) is 4.77. The minimum Gasteiger partial charge on any atom is -0.388 e. The van der Waals surface area contributed by atoms with Gasteiger partial charge in [-0.05, 0) is 17.5 Å².